The fourth-order valence-corrected chi connectivity index (χ4v) is 4.69. The molecule has 0 aliphatic carbocycles. The van der Waals surface area contributed by atoms with Crippen LogP contribution in [0.1, 0.15) is 25.1 Å². The van der Waals surface area contributed by atoms with Crippen LogP contribution in [-0.4, -0.2) is 31.8 Å². The van der Waals surface area contributed by atoms with E-state index in [1.54, 1.807) is 12.1 Å². The molecule has 0 bridgehead atoms. The molecule has 176 valence electrons. The molecule has 0 fully saturated rings. The van der Waals surface area contributed by atoms with Crippen molar-refractivity contribution in [1.82, 2.24) is 0 Å². The van der Waals surface area contributed by atoms with Crippen LogP contribution in [0.5, 0.6) is 11.5 Å². The predicted octanol–water partition coefficient (Wildman–Crippen LogP) is -3.12. The van der Waals surface area contributed by atoms with E-state index in [0.29, 0.717) is 22.4 Å². The third-order valence-electron chi connectivity index (χ3n) is 5.23. The first kappa shape index (κ1) is 29.8. The van der Waals surface area contributed by atoms with E-state index in [-0.39, 0.29) is 73.5 Å². The minimum Gasteiger partial charge on any atom is -1.00 e. The largest absolute Gasteiger partial charge is 1.00 e. The number of aryl methyl sites for hydroxylation is 1. The number of rotatable bonds is 6. The van der Waals surface area contributed by atoms with Gasteiger partial charge in [-0.15, -0.1) is 0 Å². The summed E-state index contributed by atoms with van der Waals surface area (Å²) in [4.78, 5) is 13.5. The van der Waals surface area contributed by atoms with Crippen molar-refractivity contribution in [3.8, 4) is 11.5 Å². The van der Waals surface area contributed by atoms with Crippen molar-refractivity contribution in [2.45, 2.75) is 12.3 Å². The van der Waals surface area contributed by atoms with E-state index in [9.17, 15) is 21.6 Å². The zero-order valence-corrected chi connectivity index (χ0v) is 24.6. The average Bonchev–Trinajstić information content (AvgIpc) is 3.01. The Bertz CT molecular complexity index is 1390. The number of nitrogens with one attached hydrogen (secondary N) is 1. The molecule has 1 heterocycles. The number of para-hydroxylation sites is 1. The molecular formula is C21H19NNa2O9S2. The van der Waals surface area contributed by atoms with Gasteiger partial charge in [0.15, 0.2) is 0 Å². The van der Waals surface area contributed by atoms with Crippen LogP contribution in [0.15, 0.2) is 66.7 Å². The Hall–Kier alpha value is -1.45. The maximum atomic E-state index is 13.5. The fourth-order valence-electron chi connectivity index (χ4n) is 3.98. The molecule has 0 spiro atoms. The van der Waals surface area contributed by atoms with Gasteiger partial charge >= 0.3 is 79.9 Å². The summed E-state index contributed by atoms with van der Waals surface area (Å²) < 4.78 is 70.8. The molecule has 0 atom stereocenters. The van der Waals surface area contributed by atoms with Crippen LogP contribution in [0.3, 0.4) is 0 Å². The normalized spacial score (nSPS) is 14.1. The van der Waals surface area contributed by atoms with Crippen molar-refractivity contribution in [3.63, 3.8) is 0 Å². The summed E-state index contributed by atoms with van der Waals surface area (Å²) in [5.41, 5.74) is 1.58. The second-order valence-corrected chi connectivity index (χ2v) is 9.32. The maximum Gasteiger partial charge on any atom is 1.00 e. The summed E-state index contributed by atoms with van der Waals surface area (Å²) in [6.45, 7) is 1.83. The Morgan fingerprint density at radius 1 is 0.771 bits per heavy atom. The van der Waals surface area contributed by atoms with Gasteiger partial charge in [-0.25, -0.2) is 0 Å². The van der Waals surface area contributed by atoms with Crippen LogP contribution in [0.25, 0.3) is 0 Å². The third kappa shape index (κ3) is 6.10. The van der Waals surface area contributed by atoms with Crippen molar-refractivity contribution >= 4 is 32.4 Å². The molecule has 14 heteroatoms. The first-order chi connectivity index (χ1) is 15.4. The van der Waals surface area contributed by atoms with Gasteiger partial charge in [0.1, 0.15) is 16.9 Å². The summed E-state index contributed by atoms with van der Waals surface area (Å²) in [5, 5.41) is 2.89. The molecule has 0 saturated heterocycles. The summed E-state index contributed by atoms with van der Waals surface area (Å²) in [6.07, 6.45) is 0. The van der Waals surface area contributed by atoms with E-state index in [1.807, 2.05) is 13.0 Å². The summed E-state index contributed by atoms with van der Waals surface area (Å²) >= 11 is 0. The van der Waals surface area contributed by atoms with Gasteiger partial charge in [0, 0.05) is 11.3 Å². The molecule has 4 rings (SSSR count). The van der Waals surface area contributed by atoms with Crippen molar-refractivity contribution in [1.29, 1.82) is 0 Å². The van der Waals surface area contributed by atoms with Crippen LogP contribution >= 0.6 is 0 Å². The number of fused-ring (bicyclic) bond motifs is 1. The predicted molar refractivity (Wildman–Crippen MR) is 119 cm³/mol. The van der Waals surface area contributed by atoms with Crippen molar-refractivity contribution in [2.24, 2.45) is 0 Å². The summed E-state index contributed by atoms with van der Waals surface area (Å²) in [5.74, 6) is -0.703. The van der Waals surface area contributed by atoms with E-state index in [0.717, 1.165) is 5.56 Å². The van der Waals surface area contributed by atoms with Gasteiger partial charge in [0.2, 0.25) is 5.91 Å². The fraction of sp³-hybridized carbons (Fsp3) is 0.0952. The van der Waals surface area contributed by atoms with Crippen LogP contribution in [-0.2, 0) is 31.0 Å². The molecule has 0 unspecified atom stereocenters. The van der Waals surface area contributed by atoms with Gasteiger partial charge in [-0.2, -0.15) is 16.8 Å². The Kier molecular flexibility index (Phi) is 9.26. The Labute approximate surface area is 249 Å². The topological polar surface area (TPSA) is 156 Å². The average molecular weight is 539 g/mol. The van der Waals surface area contributed by atoms with Gasteiger partial charge < -0.3 is 16.5 Å². The minimum atomic E-state index is -4.72. The monoisotopic (exact) mass is 539 g/mol. The zero-order chi connectivity index (χ0) is 24.0. The third-order valence-corrected chi connectivity index (χ3v) is 6.04. The number of hydrogen-bond acceptors (Lipinski definition) is 7. The molecule has 0 saturated carbocycles. The smallest absolute Gasteiger partial charge is 1.00 e. The molecular weight excluding hydrogens is 520 g/mol. The molecule has 3 N–H and O–H groups in total. The van der Waals surface area contributed by atoms with Crippen LogP contribution in [0.2, 0.25) is 0 Å². The quantitative estimate of drug-likeness (QED) is 0.218. The standard InChI is InChI=1S/C21H17NO9S2.2Na.2H/c1-13-3-2-4-18-19(13)22-20(23)21(18,14-5-9-16(10-6-14)30-32(24,25)26)15-7-11-17(12-8-15)31-33(27,28)29;;;;/h2-12H,1H3,(H,22,23)(H,24,25,26)(H,27,28,29);;;;/q;2*+1;2*-1. The van der Waals surface area contributed by atoms with Gasteiger partial charge in [0.25, 0.3) is 0 Å². The molecule has 1 amide bonds. The van der Waals surface area contributed by atoms with E-state index >= 15 is 0 Å². The van der Waals surface area contributed by atoms with Gasteiger partial charge in [-0.3, -0.25) is 13.9 Å². The van der Waals surface area contributed by atoms with Gasteiger partial charge in [-0.05, 0) is 47.9 Å². The second kappa shape index (κ2) is 10.9. The molecule has 1 aliphatic rings. The van der Waals surface area contributed by atoms with Crippen LogP contribution in [0, 0.1) is 6.92 Å². The van der Waals surface area contributed by atoms with E-state index in [1.165, 1.54) is 48.5 Å². The SMILES string of the molecule is Cc1cccc2c1NC(=O)C2(c1ccc(OS(=O)(=O)O)cc1)c1ccc(OS(=O)(=O)O)cc1.[H-].[H-].[Na+].[Na+]. The Balaban J connectivity index is 0.00000324. The molecule has 3 aromatic carbocycles. The van der Waals surface area contributed by atoms with Gasteiger partial charge in [0.05, 0.1) is 0 Å². The minimum absolute atomic E-state index is 0. The molecule has 1 aliphatic heterocycles. The molecule has 0 aromatic heterocycles. The van der Waals surface area contributed by atoms with Crippen molar-refractivity contribution in [3.05, 3.63) is 89.0 Å². The Morgan fingerprint density at radius 2 is 1.20 bits per heavy atom. The van der Waals surface area contributed by atoms with Crippen molar-refractivity contribution in [2.75, 3.05) is 5.32 Å². The van der Waals surface area contributed by atoms with Crippen molar-refractivity contribution < 1.29 is 101 Å². The number of hydrogen-bond donors (Lipinski definition) is 3. The number of carbonyl (C=O) groups is 1. The van der Waals surface area contributed by atoms with E-state index in [4.69, 9.17) is 9.11 Å². The zero-order valence-electron chi connectivity index (χ0n) is 20.9. The summed E-state index contributed by atoms with van der Waals surface area (Å²) in [7, 11) is -9.45. The van der Waals surface area contributed by atoms with E-state index < -0.39 is 32.1 Å². The number of amides is 1. The van der Waals surface area contributed by atoms with Crippen LogP contribution in [0.4, 0.5) is 5.69 Å². The van der Waals surface area contributed by atoms with E-state index in [2.05, 4.69) is 13.7 Å². The first-order valence-corrected chi connectivity index (χ1v) is 12.1. The summed E-state index contributed by atoms with van der Waals surface area (Å²) in [6, 6.07) is 16.5. The van der Waals surface area contributed by atoms with Gasteiger partial charge in [-0.1, -0.05) is 42.5 Å². The molecule has 0 radical (unpaired) electrons. The molecule has 10 nitrogen and oxygen atoms in total. The number of anilines is 1. The second-order valence-electron chi connectivity index (χ2n) is 7.27. The Morgan fingerprint density at radius 3 is 1.60 bits per heavy atom. The molecule has 35 heavy (non-hydrogen) atoms. The first-order valence-electron chi connectivity index (χ1n) is 9.36. The number of benzene rings is 3. The maximum absolute atomic E-state index is 13.5. The number of carbonyl (C=O) groups excluding carboxylic acids is 1. The molecule has 3 aromatic rings. The van der Waals surface area contributed by atoms with Crippen LogP contribution < -0.4 is 72.8 Å².